The van der Waals surface area contributed by atoms with Crippen molar-refractivity contribution in [3.8, 4) is 0 Å². The van der Waals surface area contributed by atoms with Gasteiger partial charge >= 0.3 is 5.97 Å². The van der Waals surface area contributed by atoms with Gasteiger partial charge in [0, 0.05) is 18.0 Å². The first-order valence-electron chi connectivity index (χ1n) is 7.50. The number of thiophene rings is 1. The van der Waals surface area contributed by atoms with Gasteiger partial charge in [-0.05, 0) is 25.8 Å². The summed E-state index contributed by atoms with van der Waals surface area (Å²) in [5.74, 6) is -0.756. The lowest BCUT2D eigenvalue weighted by molar-refractivity contribution is -0.145. The van der Waals surface area contributed by atoms with E-state index in [4.69, 9.17) is 5.11 Å². The minimum absolute atomic E-state index is 0.102. The van der Waals surface area contributed by atoms with Crippen molar-refractivity contribution in [3.63, 3.8) is 0 Å². The minimum atomic E-state index is -0.832. The van der Waals surface area contributed by atoms with E-state index in [0.29, 0.717) is 18.8 Å². The number of nitrogens with one attached hydrogen (secondary N) is 1. The molecular weight excluding hydrogens is 316 g/mol. The number of likely N-dealkylation sites (tertiary alicyclic amines) is 1. The molecule has 0 bridgehead atoms. The number of rotatable bonds is 4. The zero-order chi connectivity index (χ0) is 16.4. The van der Waals surface area contributed by atoms with Crippen molar-refractivity contribution in [3.05, 3.63) is 17.3 Å². The first-order valence-corrected chi connectivity index (χ1v) is 8.32. The average molecular weight is 334 g/mol. The number of amides is 1. The number of carbonyl (C=O) groups is 2. The van der Waals surface area contributed by atoms with Crippen molar-refractivity contribution in [2.24, 2.45) is 5.92 Å². The first kappa shape index (κ1) is 15.7. The number of nitrogens with zero attached hydrogens (tertiary/aromatic N) is 3. The van der Waals surface area contributed by atoms with Crippen molar-refractivity contribution < 1.29 is 14.7 Å². The summed E-state index contributed by atoms with van der Waals surface area (Å²) in [5, 5.41) is 13.1. The van der Waals surface area contributed by atoms with Crippen LogP contribution in [0, 0.1) is 12.8 Å². The van der Waals surface area contributed by atoms with Crippen LogP contribution in [0.4, 0.5) is 5.82 Å². The summed E-state index contributed by atoms with van der Waals surface area (Å²) in [6, 6.07) is 1.99. The van der Waals surface area contributed by atoms with Gasteiger partial charge < -0.3 is 15.3 Å². The van der Waals surface area contributed by atoms with E-state index in [-0.39, 0.29) is 19.0 Å². The summed E-state index contributed by atoms with van der Waals surface area (Å²) >= 11 is 1.58. The summed E-state index contributed by atoms with van der Waals surface area (Å²) in [4.78, 5) is 35.4. The lowest BCUT2D eigenvalue weighted by atomic mass is 9.98. The van der Waals surface area contributed by atoms with E-state index in [9.17, 15) is 9.59 Å². The van der Waals surface area contributed by atoms with Gasteiger partial charge in [0.15, 0.2) is 0 Å². The van der Waals surface area contributed by atoms with Crippen LogP contribution in [0.1, 0.15) is 17.7 Å². The monoisotopic (exact) mass is 334 g/mol. The van der Waals surface area contributed by atoms with Crippen molar-refractivity contribution in [2.75, 3.05) is 25.0 Å². The molecule has 23 heavy (non-hydrogen) atoms. The molecule has 3 heterocycles. The Labute approximate surface area is 137 Å². The molecular formula is C15H18N4O3S. The predicted molar refractivity (Wildman–Crippen MR) is 87.6 cm³/mol. The molecule has 122 valence electrons. The summed E-state index contributed by atoms with van der Waals surface area (Å²) in [6.07, 6.45) is 2.84. The Bertz CT molecular complexity index is 745. The van der Waals surface area contributed by atoms with Gasteiger partial charge in [0.05, 0.1) is 17.8 Å². The molecule has 0 aromatic carbocycles. The van der Waals surface area contributed by atoms with Crippen LogP contribution < -0.4 is 5.32 Å². The second-order valence-electron chi connectivity index (χ2n) is 5.67. The van der Waals surface area contributed by atoms with Gasteiger partial charge in [-0.3, -0.25) is 9.59 Å². The number of aromatic nitrogens is 2. The van der Waals surface area contributed by atoms with E-state index in [1.807, 2.05) is 13.0 Å². The molecule has 7 nitrogen and oxygen atoms in total. The Balaban J connectivity index is 1.65. The van der Waals surface area contributed by atoms with E-state index in [2.05, 4.69) is 15.3 Å². The topological polar surface area (TPSA) is 95.4 Å². The van der Waals surface area contributed by atoms with Crippen LogP contribution >= 0.6 is 11.3 Å². The molecule has 2 aromatic rings. The van der Waals surface area contributed by atoms with Gasteiger partial charge in [-0.15, -0.1) is 11.3 Å². The van der Waals surface area contributed by atoms with Gasteiger partial charge in [0.25, 0.3) is 0 Å². The number of aryl methyl sites for hydroxylation is 1. The number of hydrogen-bond donors (Lipinski definition) is 2. The SMILES string of the molecule is Cc1cc2c(NCC(=O)N3CCCC(C(=O)O)C3)ncnc2s1. The fourth-order valence-electron chi connectivity index (χ4n) is 2.79. The molecule has 8 heteroatoms. The maximum absolute atomic E-state index is 12.3. The van der Waals surface area contributed by atoms with Gasteiger partial charge in [0.2, 0.25) is 5.91 Å². The fourth-order valence-corrected chi connectivity index (χ4v) is 3.64. The number of piperidine rings is 1. The zero-order valence-electron chi connectivity index (χ0n) is 12.8. The van der Waals surface area contributed by atoms with E-state index >= 15 is 0 Å². The fraction of sp³-hybridized carbons (Fsp3) is 0.467. The summed E-state index contributed by atoms with van der Waals surface area (Å²) in [5.41, 5.74) is 0. The molecule has 1 fully saturated rings. The number of fused-ring (bicyclic) bond motifs is 1. The van der Waals surface area contributed by atoms with Crippen LogP contribution in [-0.2, 0) is 9.59 Å². The largest absolute Gasteiger partial charge is 0.481 e. The van der Waals surface area contributed by atoms with Crippen LogP contribution in [0.3, 0.4) is 0 Å². The van der Waals surface area contributed by atoms with Gasteiger partial charge in [-0.1, -0.05) is 0 Å². The van der Waals surface area contributed by atoms with E-state index < -0.39 is 11.9 Å². The molecule has 0 spiro atoms. The molecule has 0 radical (unpaired) electrons. The van der Waals surface area contributed by atoms with E-state index in [1.54, 1.807) is 16.2 Å². The highest BCUT2D eigenvalue weighted by atomic mass is 32.1. The minimum Gasteiger partial charge on any atom is -0.481 e. The van der Waals surface area contributed by atoms with Crippen molar-refractivity contribution in [1.82, 2.24) is 14.9 Å². The van der Waals surface area contributed by atoms with Gasteiger partial charge in [-0.2, -0.15) is 0 Å². The maximum Gasteiger partial charge on any atom is 0.308 e. The summed E-state index contributed by atoms with van der Waals surface area (Å²) in [7, 11) is 0. The average Bonchev–Trinajstić information content (AvgIpc) is 2.93. The highest BCUT2D eigenvalue weighted by Gasteiger charge is 2.27. The number of aliphatic carboxylic acids is 1. The number of carboxylic acids is 1. The lowest BCUT2D eigenvalue weighted by Crippen LogP contribution is -2.44. The van der Waals surface area contributed by atoms with Gasteiger partial charge in [0.1, 0.15) is 17.0 Å². The number of carboxylic acid groups (broad SMARTS) is 1. The number of carbonyl (C=O) groups excluding carboxylic acids is 1. The Morgan fingerprint density at radius 2 is 2.30 bits per heavy atom. The summed E-state index contributed by atoms with van der Waals surface area (Å²) < 4.78 is 0. The quantitative estimate of drug-likeness (QED) is 0.884. The maximum atomic E-state index is 12.3. The second-order valence-corrected chi connectivity index (χ2v) is 6.90. The normalized spacial score (nSPS) is 18.1. The molecule has 0 saturated carbocycles. The molecule has 3 rings (SSSR count). The Hall–Kier alpha value is -2.22. The van der Waals surface area contributed by atoms with Crippen molar-refractivity contribution in [1.29, 1.82) is 0 Å². The Kier molecular flexibility index (Phi) is 4.42. The molecule has 2 aromatic heterocycles. The van der Waals surface area contributed by atoms with Crippen LogP contribution in [-0.4, -0.2) is 51.5 Å². The highest BCUT2D eigenvalue weighted by molar-refractivity contribution is 7.18. The van der Waals surface area contributed by atoms with Crippen LogP contribution in [0.2, 0.25) is 0 Å². The lowest BCUT2D eigenvalue weighted by Gasteiger charge is -2.30. The van der Waals surface area contributed by atoms with E-state index in [0.717, 1.165) is 21.5 Å². The predicted octanol–water partition coefficient (Wildman–Crippen LogP) is 1.73. The zero-order valence-corrected chi connectivity index (χ0v) is 13.6. The third kappa shape index (κ3) is 3.42. The van der Waals surface area contributed by atoms with Crippen LogP contribution in [0.5, 0.6) is 0 Å². The highest BCUT2D eigenvalue weighted by Crippen LogP contribution is 2.27. The third-order valence-electron chi connectivity index (χ3n) is 3.98. The van der Waals surface area contributed by atoms with Crippen molar-refractivity contribution >= 4 is 39.2 Å². The Morgan fingerprint density at radius 1 is 1.48 bits per heavy atom. The Morgan fingerprint density at radius 3 is 3.09 bits per heavy atom. The number of hydrogen-bond acceptors (Lipinski definition) is 6. The number of anilines is 1. The first-order chi connectivity index (χ1) is 11.0. The summed E-state index contributed by atoms with van der Waals surface area (Å²) in [6.45, 7) is 3.00. The van der Waals surface area contributed by atoms with Crippen LogP contribution in [0.15, 0.2) is 12.4 Å². The molecule has 1 saturated heterocycles. The van der Waals surface area contributed by atoms with Crippen LogP contribution in [0.25, 0.3) is 10.2 Å². The molecule has 1 unspecified atom stereocenters. The van der Waals surface area contributed by atoms with Gasteiger partial charge in [-0.25, -0.2) is 9.97 Å². The second kappa shape index (κ2) is 6.49. The molecule has 0 aliphatic carbocycles. The smallest absolute Gasteiger partial charge is 0.308 e. The van der Waals surface area contributed by atoms with E-state index in [1.165, 1.54) is 6.33 Å². The standard InChI is InChI=1S/C15H18N4O3S/c1-9-5-11-13(17-8-18-14(11)23-9)16-6-12(20)19-4-2-3-10(7-19)15(21)22/h5,8,10H,2-4,6-7H2,1H3,(H,21,22)(H,16,17,18). The molecule has 1 atom stereocenters. The van der Waals surface area contributed by atoms with Crippen molar-refractivity contribution in [2.45, 2.75) is 19.8 Å². The molecule has 2 N–H and O–H groups in total. The molecule has 1 aliphatic rings. The third-order valence-corrected chi connectivity index (χ3v) is 4.94. The molecule has 1 aliphatic heterocycles. The molecule has 1 amide bonds.